The van der Waals surface area contributed by atoms with E-state index >= 15 is 4.57 Å². The number of hydrogen-bond donors (Lipinski definition) is 0. The van der Waals surface area contributed by atoms with Crippen LogP contribution in [0, 0.1) is 0 Å². The van der Waals surface area contributed by atoms with Crippen molar-refractivity contribution in [2.24, 2.45) is 0 Å². The number of nitrogens with zero attached hydrogens (tertiary/aromatic N) is 1. The van der Waals surface area contributed by atoms with Crippen LogP contribution in [-0.2, 0) is 4.57 Å². The van der Waals surface area contributed by atoms with Gasteiger partial charge in [0.2, 0.25) is 0 Å². The summed E-state index contributed by atoms with van der Waals surface area (Å²) < 4.78 is 22.5. The maximum absolute atomic E-state index is 15.5. The van der Waals surface area contributed by atoms with E-state index in [2.05, 4.69) is 121 Å². The topological polar surface area (TPSA) is 43.1 Å². The summed E-state index contributed by atoms with van der Waals surface area (Å²) in [4.78, 5) is 4.81. The molecule has 0 aliphatic rings. The van der Waals surface area contributed by atoms with Gasteiger partial charge in [-0.3, -0.25) is 4.98 Å². The predicted octanol–water partition coefficient (Wildman–Crippen LogP) is 12.6. The number of aromatic nitrogens is 1. The zero-order valence-electron chi connectivity index (χ0n) is 29.7. The Morgan fingerprint density at radius 1 is 0.418 bits per heavy atom. The smallest absolute Gasteiger partial charge is 0.172 e. The third kappa shape index (κ3) is 4.77. The first-order valence-electron chi connectivity index (χ1n) is 18.6. The SMILES string of the molecule is O=P(c1ccccc1)(c1ccccc1)c1cncc(-c2c3ccccc3c(-c3cc4ccccc4c4c3oc3ccc5ccccc5c34)c3ccccc23)c1. The fraction of sp³-hybridized carbons (Fsp3) is 0. The van der Waals surface area contributed by atoms with Gasteiger partial charge in [-0.2, -0.15) is 0 Å². The minimum Gasteiger partial charge on any atom is -0.455 e. The number of fused-ring (bicyclic) bond motifs is 9. The molecule has 0 bridgehead atoms. The maximum atomic E-state index is 15.5. The summed E-state index contributed by atoms with van der Waals surface area (Å²) in [6, 6.07) is 62.7. The van der Waals surface area contributed by atoms with Crippen LogP contribution < -0.4 is 15.9 Å². The summed E-state index contributed by atoms with van der Waals surface area (Å²) in [5.74, 6) is 0. The van der Waals surface area contributed by atoms with Crippen molar-refractivity contribution in [3.63, 3.8) is 0 Å². The molecule has 0 amide bonds. The molecule has 0 aliphatic carbocycles. The molecule has 11 rings (SSSR count). The third-order valence-corrected chi connectivity index (χ3v) is 14.2. The predicted molar refractivity (Wildman–Crippen MR) is 232 cm³/mol. The van der Waals surface area contributed by atoms with Gasteiger partial charge in [0.25, 0.3) is 0 Å². The Bertz CT molecular complexity index is 3250. The van der Waals surface area contributed by atoms with Gasteiger partial charge < -0.3 is 8.98 Å². The molecule has 258 valence electrons. The summed E-state index contributed by atoms with van der Waals surface area (Å²) in [5.41, 5.74) is 5.91. The van der Waals surface area contributed by atoms with E-state index in [9.17, 15) is 0 Å². The minimum atomic E-state index is -3.26. The quantitative estimate of drug-likeness (QED) is 0.131. The van der Waals surface area contributed by atoms with E-state index in [0.29, 0.717) is 5.30 Å². The van der Waals surface area contributed by atoms with Crippen molar-refractivity contribution >= 4 is 88.1 Å². The zero-order chi connectivity index (χ0) is 36.5. The highest BCUT2D eigenvalue weighted by atomic mass is 31.2. The molecule has 0 aliphatic heterocycles. The van der Waals surface area contributed by atoms with Crippen molar-refractivity contribution in [1.29, 1.82) is 0 Å². The minimum absolute atomic E-state index is 0.699. The second-order valence-electron chi connectivity index (χ2n) is 14.2. The van der Waals surface area contributed by atoms with Crippen molar-refractivity contribution in [2.45, 2.75) is 0 Å². The lowest BCUT2D eigenvalue weighted by Crippen LogP contribution is -2.25. The van der Waals surface area contributed by atoms with Gasteiger partial charge in [0.1, 0.15) is 11.2 Å². The Labute approximate surface area is 317 Å². The molecule has 0 saturated heterocycles. The monoisotopic (exact) mass is 721 g/mol. The first-order valence-corrected chi connectivity index (χ1v) is 20.3. The van der Waals surface area contributed by atoms with Gasteiger partial charge in [-0.1, -0.05) is 164 Å². The van der Waals surface area contributed by atoms with Crippen molar-refractivity contribution in [1.82, 2.24) is 4.98 Å². The van der Waals surface area contributed by atoms with E-state index in [-0.39, 0.29) is 0 Å². The number of furan rings is 1. The molecule has 0 N–H and O–H groups in total. The molecule has 0 fully saturated rings. The highest BCUT2D eigenvalue weighted by Gasteiger charge is 2.31. The summed E-state index contributed by atoms with van der Waals surface area (Å²) in [6.45, 7) is 0. The molecule has 9 aromatic carbocycles. The van der Waals surface area contributed by atoms with Gasteiger partial charge in [-0.15, -0.1) is 0 Å². The van der Waals surface area contributed by atoms with Crippen LogP contribution in [0.15, 0.2) is 199 Å². The molecular weight excluding hydrogens is 690 g/mol. The van der Waals surface area contributed by atoms with E-state index in [1.165, 1.54) is 16.2 Å². The molecule has 0 spiro atoms. The van der Waals surface area contributed by atoms with E-state index in [4.69, 9.17) is 9.40 Å². The Morgan fingerprint density at radius 3 is 1.55 bits per heavy atom. The van der Waals surface area contributed by atoms with Gasteiger partial charge in [0.15, 0.2) is 7.14 Å². The summed E-state index contributed by atoms with van der Waals surface area (Å²) in [7, 11) is -3.26. The van der Waals surface area contributed by atoms with Crippen molar-refractivity contribution in [2.75, 3.05) is 0 Å². The third-order valence-electron chi connectivity index (χ3n) is 11.2. The van der Waals surface area contributed by atoms with Gasteiger partial charge in [-0.25, -0.2) is 0 Å². The van der Waals surface area contributed by atoms with E-state index < -0.39 is 7.14 Å². The second-order valence-corrected chi connectivity index (χ2v) is 16.9. The maximum Gasteiger partial charge on any atom is 0.172 e. The Balaban J connectivity index is 1.23. The number of hydrogen-bond acceptors (Lipinski definition) is 3. The summed E-state index contributed by atoms with van der Waals surface area (Å²) >= 11 is 0. The van der Waals surface area contributed by atoms with E-state index in [0.717, 1.165) is 81.7 Å². The van der Waals surface area contributed by atoms with Crippen molar-refractivity contribution in [3.8, 4) is 22.3 Å². The Kier molecular flexibility index (Phi) is 7.14. The standard InChI is InChI=1S/C51H32NO2P/c53-55(36-17-3-1-4-18-36,37-19-5-2-6-20-37)38-29-35(31-52-32-38)47-41-23-11-13-25-43(41)48(44-26-14-12-24-42(44)47)45-30-34-16-8-10-22-40(34)50-49-39-21-9-7-15-33(39)27-28-46(49)54-51(45)50/h1-32H. The van der Waals surface area contributed by atoms with Crippen LogP contribution in [0.3, 0.4) is 0 Å². The van der Waals surface area contributed by atoms with Crippen LogP contribution in [-0.4, -0.2) is 4.98 Å². The van der Waals surface area contributed by atoms with Crippen LogP contribution in [0.1, 0.15) is 0 Å². The Morgan fingerprint density at radius 2 is 0.927 bits per heavy atom. The number of rotatable bonds is 5. The number of benzene rings is 9. The molecule has 4 heteroatoms. The zero-order valence-corrected chi connectivity index (χ0v) is 30.6. The fourth-order valence-electron chi connectivity index (χ4n) is 8.76. The van der Waals surface area contributed by atoms with Gasteiger partial charge in [-0.05, 0) is 66.9 Å². The lowest BCUT2D eigenvalue weighted by Gasteiger charge is -2.21. The van der Waals surface area contributed by atoms with Crippen molar-refractivity contribution in [3.05, 3.63) is 194 Å². The largest absolute Gasteiger partial charge is 0.455 e. The number of pyridine rings is 1. The normalized spacial score (nSPS) is 12.1. The first-order chi connectivity index (χ1) is 27.2. The molecule has 11 aromatic rings. The highest BCUT2D eigenvalue weighted by Crippen LogP contribution is 2.50. The van der Waals surface area contributed by atoms with E-state index in [1.807, 2.05) is 66.9 Å². The van der Waals surface area contributed by atoms with Gasteiger partial charge in [0.05, 0.1) is 0 Å². The summed E-state index contributed by atoms with van der Waals surface area (Å²) in [5, 5.41) is 13.6. The lowest BCUT2D eigenvalue weighted by atomic mass is 9.85. The Hall–Kier alpha value is -6.80. The van der Waals surface area contributed by atoms with E-state index in [1.54, 1.807) is 6.20 Å². The molecule has 2 heterocycles. The summed E-state index contributed by atoms with van der Waals surface area (Å²) in [6.07, 6.45) is 3.69. The van der Waals surface area contributed by atoms with Crippen molar-refractivity contribution < 1.29 is 8.98 Å². The molecule has 0 atom stereocenters. The average Bonchev–Trinajstić information content (AvgIpc) is 3.67. The first kappa shape index (κ1) is 31.7. The molecule has 0 radical (unpaired) electrons. The van der Waals surface area contributed by atoms with Crippen LogP contribution in [0.5, 0.6) is 0 Å². The molecule has 0 saturated carbocycles. The van der Waals surface area contributed by atoms with Gasteiger partial charge in [0, 0.05) is 55.8 Å². The molecule has 2 aromatic heterocycles. The van der Waals surface area contributed by atoms with Gasteiger partial charge >= 0.3 is 0 Å². The highest BCUT2D eigenvalue weighted by molar-refractivity contribution is 7.85. The second kappa shape index (κ2) is 12.4. The van der Waals surface area contributed by atoms with Crippen LogP contribution >= 0.6 is 7.14 Å². The van der Waals surface area contributed by atoms with Crippen LogP contribution in [0.2, 0.25) is 0 Å². The molecule has 0 unspecified atom stereocenters. The molecule has 3 nitrogen and oxygen atoms in total. The van der Waals surface area contributed by atoms with Crippen LogP contribution in [0.4, 0.5) is 0 Å². The lowest BCUT2D eigenvalue weighted by molar-refractivity contribution is 0.592. The fourth-order valence-corrected chi connectivity index (χ4v) is 11.4. The molecule has 55 heavy (non-hydrogen) atoms. The van der Waals surface area contributed by atoms with Crippen LogP contribution in [0.25, 0.3) is 87.3 Å². The molecular formula is C51H32NO2P. The average molecular weight is 722 g/mol.